The number of halogens is 3. The van der Waals surface area contributed by atoms with Gasteiger partial charge in [-0.25, -0.2) is 4.39 Å². The van der Waals surface area contributed by atoms with Crippen molar-refractivity contribution in [1.82, 2.24) is 0 Å². The lowest BCUT2D eigenvalue weighted by Gasteiger charge is -2.40. The number of anilines is 1. The molecule has 1 aliphatic heterocycles. The molecule has 2 aromatic carbocycles. The van der Waals surface area contributed by atoms with Crippen LogP contribution in [0.25, 0.3) is 0 Å². The van der Waals surface area contributed by atoms with Crippen LogP contribution in [0, 0.1) is 15.9 Å². The molecular formula is C20H14Cl2FN3O5. The Kier molecular flexibility index (Phi) is 5.84. The van der Waals surface area contributed by atoms with E-state index in [9.17, 15) is 24.1 Å². The van der Waals surface area contributed by atoms with Gasteiger partial charge in [-0.1, -0.05) is 29.8 Å². The van der Waals surface area contributed by atoms with Gasteiger partial charge in [0.15, 0.2) is 11.0 Å². The number of carbonyl (C=O) groups is 2. The smallest absolute Gasteiger partial charge is 0.294 e. The van der Waals surface area contributed by atoms with Crippen molar-refractivity contribution in [3.8, 4) is 0 Å². The Bertz CT molecular complexity index is 1160. The number of benzene rings is 2. The average molecular weight is 466 g/mol. The minimum absolute atomic E-state index is 0.0391. The Labute approximate surface area is 185 Å². The van der Waals surface area contributed by atoms with Crippen molar-refractivity contribution in [3.63, 3.8) is 0 Å². The van der Waals surface area contributed by atoms with Crippen LogP contribution in [-0.4, -0.2) is 29.1 Å². The topological polar surface area (TPSA) is 111 Å². The normalized spacial score (nSPS) is 18.6. The number of fused-ring (bicyclic) bond motifs is 1. The molecule has 0 bridgehead atoms. The van der Waals surface area contributed by atoms with E-state index in [1.165, 1.54) is 31.3 Å². The van der Waals surface area contributed by atoms with Crippen molar-refractivity contribution in [2.75, 3.05) is 5.32 Å². The summed E-state index contributed by atoms with van der Waals surface area (Å²) in [6.07, 6.45) is 2.40. The highest BCUT2D eigenvalue weighted by Crippen LogP contribution is 2.50. The quantitative estimate of drug-likeness (QED) is 0.274. The molecule has 2 aromatic rings. The van der Waals surface area contributed by atoms with Gasteiger partial charge in [-0.2, -0.15) is 0 Å². The molecule has 2 atom stereocenters. The number of amides is 1. The number of hydrogen-bond acceptors (Lipinski definition) is 6. The van der Waals surface area contributed by atoms with Gasteiger partial charge in [0.05, 0.1) is 16.3 Å². The monoisotopic (exact) mass is 465 g/mol. The number of nitro groups is 1. The first-order valence-corrected chi connectivity index (χ1v) is 9.40. The third-order valence-corrected chi connectivity index (χ3v) is 5.57. The minimum Gasteiger partial charge on any atom is -0.455 e. The zero-order valence-corrected chi connectivity index (χ0v) is 17.4. The van der Waals surface area contributed by atoms with Crippen LogP contribution in [-0.2, 0) is 19.7 Å². The molecule has 2 unspecified atom stereocenters. The molecule has 1 N–H and O–H groups in total. The van der Waals surface area contributed by atoms with E-state index in [4.69, 9.17) is 27.9 Å². The molecule has 160 valence electrons. The molecule has 0 spiro atoms. The van der Waals surface area contributed by atoms with Gasteiger partial charge in [-0.05, 0) is 31.2 Å². The Hall–Kier alpha value is -3.30. The number of nitrogens with zero attached hydrogens (tertiary/aromatic N) is 2. The van der Waals surface area contributed by atoms with Crippen LogP contribution in [0.3, 0.4) is 0 Å². The van der Waals surface area contributed by atoms with Crippen LogP contribution in [0.4, 0.5) is 21.5 Å². The number of ether oxygens (including phenoxy) is 1. The van der Waals surface area contributed by atoms with Gasteiger partial charge in [-0.3, -0.25) is 24.7 Å². The summed E-state index contributed by atoms with van der Waals surface area (Å²) in [5.41, 5.74) is -4.12. The predicted octanol–water partition coefficient (Wildman–Crippen LogP) is 4.75. The Balaban J connectivity index is 2.22. The molecule has 11 heteroatoms. The second kappa shape index (κ2) is 8.09. The fraction of sp³-hybridized carbons (Fsp3) is 0.150. The van der Waals surface area contributed by atoms with Crippen molar-refractivity contribution in [1.29, 1.82) is 0 Å². The molecule has 31 heavy (non-hydrogen) atoms. The number of carbonyl (C=O) groups excluding carboxylic acids is 2. The van der Waals surface area contributed by atoms with Crippen LogP contribution in [0.2, 0.25) is 10.0 Å². The summed E-state index contributed by atoms with van der Waals surface area (Å²) in [6.45, 7) is 5.17. The standard InChI is InChI=1S/C20H14Cl2FN3O5/c1-3-19(2,31-10-27)20(9-24-16-7-11(21)6-13(22)17(16)20)18(28)25-15-8-12(26(29)30)4-5-14(15)23/h3-10H,1H2,2H3,(H,25,28). The van der Waals surface area contributed by atoms with Gasteiger partial charge in [0.2, 0.25) is 5.91 Å². The number of non-ortho nitro benzene ring substituents is 1. The van der Waals surface area contributed by atoms with Crippen molar-refractivity contribution >= 4 is 58.9 Å². The SMILES string of the molecule is C=CC(C)(OC=O)C1(C(=O)Nc2cc([N+](=O)[O-])ccc2F)C=Nc2cc(Cl)cc(Cl)c21. The summed E-state index contributed by atoms with van der Waals surface area (Å²) in [7, 11) is 0. The fourth-order valence-electron chi connectivity index (χ4n) is 3.40. The molecule has 1 aliphatic rings. The lowest BCUT2D eigenvalue weighted by Crippen LogP contribution is -2.57. The second-order valence-corrected chi connectivity index (χ2v) is 7.59. The third-order valence-electron chi connectivity index (χ3n) is 5.06. The van der Waals surface area contributed by atoms with E-state index < -0.39 is 39.0 Å². The van der Waals surface area contributed by atoms with E-state index in [-0.39, 0.29) is 27.8 Å². The van der Waals surface area contributed by atoms with Crippen LogP contribution in [0.1, 0.15) is 12.5 Å². The van der Waals surface area contributed by atoms with E-state index in [0.717, 1.165) is 18.2 Å². The molecule has 0 saturated heterocycles. The largest absolute Gasteiger partial charge is 0.455 e. The van der Waals surface area contributed by atoms with Crippen molar-refractivity contribution in [2.45, 2.75) is 17.9 Å². The third kappa shape index (κ3) is 3.55. The summed E-state index contributed by atoms with van der Waals surface area (Å²) in [6, 6.07) is 5.49. The lowest BCUT2D eigenvalue weighted by molar-refractivity contribution is -0.384. The summed E-state index contributed by atoms with van der Waals surface area (Å²) < 4.78 is 19.6. The Morgan fingerprint density at radius 3 is 2.71 bits per heavy atom. The number of rotatable bonds is 7. The van der Waals surface area contributed by atoms with Crippen LogP contribution in [0.5, 0.6) is 0 Å². The zero-order chi connectivity index (χ0) is 23.0. The van der Waals surface area contributed by atoms with E-state index in [1.807, 2.05) is 0 Å². The summed E-state index contributed by atoms with van der Waals surface area (Å²) >= 11 is 12.4. The van der Waals surface area contributed by atoms with Crippen molar-refractivity contribution < 1.29 is 23.6 Å². The minimum atomic E-state index is -1.89. The molecule has 0 aliphatic carbocycles. The summed E-state index contributed by atoms with van der Waals surface area (Å²) in [4.78, 5) is 39.3. The second-order valence-electron chi connectivity index (χ2n) is 6.75. The zero-order valence-electron chi connectivity index (χ0n) is 15.9. The van der Waals surface area contributed by atoms with Gasteiger partial charge in [0.25, 0.3) is 12.2 Å². The molecule has 0 radical (unpaired) electrons. The van der Waals surface area contributed by atoms with Crippen LogP contribution >= 0.6 is 23.2 Å². The van der Waals surface area contributed by atoms with Gasteiger partial charge in [0, 0.05) is 34.0 Å². The highest BCUT2D eigenvalue weighted by molar-refractivity contribution is 6.37. The van der Waals surface area contributed by atoms with E-state index in [0.29, 0.717) is 0 Å². The van der Waals surface area contributed by atoms with Gasteiger partial charge in [-0.15, -0.1) is 0 Å². The summed E-state index contributed by atoms with van der Waals surface area (Å²) in [5, 5.41) is 13.7. The predicted molar refractivity (Wildman–Crippen MR) is 114 cm³/mol. The molecule has 0 fully saturated rings. The molecule has 1 heterocycles. The maximum Gasteiger partial charge on any atom is 0.294 e. The van der Waals surface area contributed by atoms with E-state index >= 15 is 0 Å². The van der Waals surface area contributed by atoms with E-state index in [1.54, 1.807) is 0 Å². The number of aliphatic imine (C=N–C) groups is 1. The van der Waals surface area contributed by atoms with Crippen molar-refractivity contribution in [3.05, 3.63) is 74.5 Å². The highest BCUT2D eigenvalue weighted by Gasteiger charge is 2.59. The maximum absolute atomic E-state index is 14.3. The molecule has 1 amide bonds. The van der Waals surface area contributed by atoms with E-state index in [2.05, 4.69) is 16.9 Å². The summed E-state index contributed by atoms with van der Waals surface area (Å²) in [5.74, 6) is -1.83. The maximum atomic E-state index is 14.3. The van der Waals surface area contributed by atoms with Crippen LogP contribution in [0.15, 0.2) is 48.0 Å². The Morgan fingerprint density at radius 2 is 2.10 bits per heavy atom. The number of hydrogen-bond donors (Lipinski definition) is 1. The van der Waals surface area contributed by atoms with Gasteiger partial charge >= 0.3 is 0 Å². The van der Waals surface area contributed by atoms with Gasteiger partial charge in [0.1, 0.15) is 5.82 Å². The Morgan fingerprint density at radius 1 is 1.39 bits per heavy atom. The average Bonchev–Trinajstić information content (AvgIpc) is 3.10. The fourth-order valence-corrected chi connectivity index (χ4v) is 4.03. The first-order valence-electron chi connectivity index (χ1n) is 8.65. The first kappa shape index (κ1) is 22.4. The van der Waals surface area contributed by atoms with Crippen molar-refractivity contribution in [2.24, 2.45) is 4.99 Å². The number of nitro benzene ring substituents is 1. The first-order chi connectivity index (χ1) is 14.6. The van der Waals surface area contributed by atoms with Crippen LogP contribution < -0.4 is 5.32 Å². The lowest BCUT2D eigenvalue weighted by atomic mass is 9.68. The molecule has 0 saturated carbocycles. The molecule has 0 aromatic heterocycles. The molecule has 3 rings (SSSR count). The van der Waals surface area contributed by atoms with Gasteiger partial charge < -0.3 is 10.1 Å². The molecular weight excluding hydrogens is 452 g/mol. The number of nitrogens with one attached hydrogen (secondary N) is 1. The highest BCUT2D eigenvalue weighted by atomic mass is 35.5. The molecule has 8 nitrogen and oxygen atoms in total.